The normalized spacial score (nSPS) is 30.8. The third-order valence-electron chi connectivity index (χ3n) is 5.85. The van der Waals surface area contributed by atoms with Crippen molar-refractivity contribution in [3.8, 4) is 0 Å². The molecule has 0 aromatic carbocycles. The van der Waals surface area contributed by atoms with E-state index in [-0.39, 0.29) is 11.5 Å². The van der Waals surface area contributed by atoms with E-state index in [9.17, 15) is 8.42 Å². The monoisotopic (exact) mass is 385 g/mol. The minimum absolute atomic E-state index is 0.0819. The van der Waals surface area contributed by atoms with Gasteiger partial charge in [-0.1, -0.05) is 26.7 Å². The van der Waals surface area contributed by atoms with E-state index in [1.54, 1.807) is 0 Å². The number of rotatable bonds is 5. The molecule has 6 nitrogen and oxygen atoms in total. The zero-order valence-corrected chi connectivity index (χ0v) is 17.1. The summed E-state index contributed by atoms with van der Waals surface area (Å²) in [7, 11) is -2.83. The maximum absolute atomic E-state index is 11.7. The molecule has 2 saturated heterocycles. The molecule has 0 aromatic heterocycles. The van der Waals surface area contributed by atoms with Crippen molar-refractivity contribution in [3.63, 3.8) is 0 Å². The highest BCUT2D eigenvalue weighted by atomic mass is 32.2. The van der Waals surface area contributed by atoms with E-state index < -0.39 is 9.84 Å². The van der Waals surface area contributed by atoms with E-state index in [1.807, 2.05) is 0 Å². The lowest BCUT2D eigenvalue weighted by Crippen LogP contribution is -2.51. The minimum atomic E-state index is -2.83. The Morgan fingerprint density at radius 1 is 1.27 bits per heavy atom. The van der Waals surface area contributed by atoms with Crippen LogP contribution in [-0.2, 0) is 14.6 Å². The third kappa shape index (κ3) is 5.59. The van der Waals surface area contributed by atoms with Crippen LogP contribution in [0.4, 0.5) is 0 Å². The van der Waals surface area contributed by atoms with Crippen molar-refractivity contribution in [2.75, 3.05) is 31.2 Å². The Kier molecular flexibility index (Phi) is 6.49. The third-order valence-corrected chi connectivity index (χ3v) is 7.69. The van der Waals surface area contributed by atoms with Gasteiger partial charge in [-0.3, -0.25) is 4.99 Å². The molecule has 26 heavy (non-hydrogen) atoms. The summed E-state index contributed by atoms with van der Waals surface area (Å²) in [4.78, 5) is 4.73. The lowest BCUT2D eigenvalue weighted by atomic mass is 9.89. The highest BCUT2D eigenvalue weighted by Crippen LogP contribution is 2.39. The summed E-state index contributed by atoms with van der Waals surface area (Å²) >= 11 is 0. The number of nitrogens with one attached hydrogen (secondary N) is 2. The molecule has 2 heterocycles. The predicted octanol–water partition coefficient (Wildman–Crippen LogP) is 2.10. The molecule has 2 unspecified atom stereocenters. The molecule has 150 valence electrons. The van der Waals surface area contributed by atoms with Gasteiger partial charge in [0.1, 0.15) is 0 Å². The number of nitrogens with zero attached hydrogens (tertiary/aromatic N) is 1. The van der Waals surface area contributed by atoms with Crippen molar-refractivity contribution in [3.05, 3.63) is 0 Å². The minimum Gasteiger partial charge on any atom is -0.375 e. The van der Waals surface area contributed by atoms with Crippen LogP contribution in [0.15, 0.2) is 4.99 Å². The fourth-order valence-electron chi connectivity index (χ4n) is 4.41. The lowest BCUT2D eigenvalue weighted by molar-refractivity contribution is -0.0815. The first-order valence-electron chi connectivity index (χ1n) is 10.3. The Hall–Kier alpha value is -0.820. The van der Waals surface area contributed by atoms with E-state index in [0.717, 1.165) is 38.4 Å². The molecule has 0 radical (unpaired) electrons. The van der Waals surface area contributed by atoms with Crippen LogP contribution in [0.2, 0.25) is 0 Å². The number of hydrogen-bond acceptors (Lipinski definition) is 4. The molecule has 1 aliphatic carbocycles. The zero-order valence-electron chi connectivity index (χ0n) is 16.3. The van der Waals surface area contributed by atoms with Crippen LogP contribution in [0.1, 0.15) is 58.8 Å². The van der Waals surface area contributed by atoms with Crippen LogP contribution in [0, 0.1) is 11.8 Å². The summed E-state index contributed by atoms with van der Waals surface area (Å²) in [6, 6.07) is 0.382. The Bertz CT molecular complexity index is 597. The molecule has 2 N–H and O–H groups in total. The van der Waals surface area contributed by atoms with Crippen molar-refractivity contribution in [2.45, 2.75) is 70.4 Å². The zero-order chi connectivity index (χ0) is 18.6. The number of sulfone groups is 1. The Balaban J connectivity index is 1.56. The van der Waals surface area contributed by atoms with Crippen molar-refractivity contribution in [1.82, 2.24) is 10.6 Å². The molecule has 1 saturated carbocycles. The first kappa shape index (κ1) is 19.9. The van der Waals surface area contributed by atoms with Gasteiger partial charge in [0.25, 0.3) is 0 Å². The maximum Gasteiger partial charge on any atom is 0.191 e. The molecule has 2 atom stereocenters. The first-order valence-corrected chi connectivity index (χ1v) is 12.1. The van der Waals surface area contributed by atoms with E-state index in [0.29, 0.717) is 30.0 Å². The van der Waals surface area contributed by atoms with Crippen LogP contribution in [0.5, 0.6) is 0 Å². The van der Waals surface area contributed by atoms with Gasteiger partial charge in [0.05, 0.1) is 17.1 Å². The summed E-state index contributed by atoms with van der Waals surface area (Å²) in [6.07, 6.45) is 7.71. The van der Waals surface area contributed by atoms with E-state index in [4.69, 9.17) is 9.73 Å². The fourth-order valence-corrected chi connectivity index (χ4v) is 6.27. The largest absolute Gasteiger partial charge is 0.375 e. The van der Waals surface area contributed by atoms with Crippen molar-refractivity contribution in [2.24, 2.45) is 16.8 Å². The van der Waals surface area contributed by atoms with Crippen LogP contribution >= 0.6 is 0 Å². The number of hydrogen-bond donors (Lipinski definition) is 2. The quantitative estimate of drug-likeness (QED) is 0.560. The summed E-state index contributed by atoms with van der Waals surface area (Å²) in [6.45, 7) is 6.58. The number of ether oxygens (including phenoxy) is 1. The van der Waals surface area contributed by atoms with Gasteiger partial charge in [-0.05, 0) is 43.9 Å². The van der Waals surface area contributed by atoms with Gasteiger partial charge >= 0.3 is 0 Å². The molecular formula is C19H35N3O3S. The van der Waals surface area contributed by atoms with Crippen molar-refractivity contribution >= 4 is 15.8 Å². The summed E-state index contributed by atoms with van der Waals surface area (Å²) < 4.78 is 29.5. The molecule has 1 spiro atoms. The molecule has 0 amide bonds. The van der Waals surface area contributed by atoms with Gasteiger partial charge in [-0.25, -0.2) is 8.42 Å². The lowest BCUT2D eigenvalue weighted by Gasteiger charge is -2.39. The van der Waals surface area contributed by atoms with Gasteiger partial charge in [-0.15, -0.1) is 0 Å². The predicted molar refractivity (Wildman–Crippen MR) is 105 cm³/mol. The number of guanidine groups is 1. The molecule has 0 bridgehead atoms. The van der Waals surface area contributed by atoms with E-state index in [1.165, 1.54) is 25.7 Å². The van der Waals surface area contributed by atoms with Crippen LogP contribution in [0.25, 0.3) is 0 Å². The molecule has 3 aliphatic rings. The smallest absolute Gasteiger partial charge is 0.191 e. The highest BCUT2D eigenvalue weighted by molar-refractivity contribution is 7.91. The van der Waals surface area contributed by atoms with Gasteiger partial charge in [0, 0.05) is 25.7 Å². The molecule has 7 heteroatoms. The Labute approximate surface area is 158 Å². The fraction of sp³-hybridized carbons (Fsp3) is 0.947. The standard InChI is InChI=1S/C19H35N3O3S/c1-15(2)12-20-18(21-13-16-6-10-26(23,24)14-16)22-17-5-9-25-19(11-17)7-3-4-8-19/h15-17H,3-14H2,1-2H3,(H2,20,21,22). The Morgan fingerprint density at radius 3 is 2.69 bits per heavy atom. The topological polar surface area (TPSA) is 79.8 Å². The average Bonchev–Trinajstić information content (AvgIpc) is 3.16. The number of aliphatic imine (C=N–C) groups is 1. The van der Waals surface area contributed by atoms with Gasteiger partial charge < -0.3 is 15.4 Å². The maximum atomic E-state index is 11.7. The second-order valence-corrected chi connectivity index (χ2v) is 11.0. The van der Waals surface area contributed by atoms with Gasteiger partial charge in [0.15, 0.2) is 15.8 Å². The highest BCUT2D eigenvalue weighted by Gasteiger charge is 2.40. The van der Waals surface area contributed by atoms with Crippen LogP contribution < -0.4 is 10.6 Å². The SMILES string of the molecule is CC(C)CN=C(NCC1CCS(=O)(=O)C1)NC1CCOC2(CCCC2)C1. The van der Waals surface area contributed by atoms with E-state index in [2.05, 4.69) is 24.5 Å². The first-order chi connectivity index (χ1) is 12.4. The summed E-state index contributed by atoms with van der Waals surface area (Å²) in [5.41, 5.74) is 0.0819. The van der Waals surface area contributed by atoms with Crippen LogP contribution in [-0.4, -0.2) is 57.2 Å². The molecule has 3 rings (SSSR count). The Morgan fingerprint density at radius 2 is 2.04 bits per heavy atom. The van der Waals surface area contributed by atoms with Gasteiger partial charge in [0.2, 0.25) is 0 Å². The average molecular weight is 386 g/mol. The summed E-state index contributed by atoms with van der Waals surface area (Å²) in [5, 5.41) is 7.03. The van der Waals surface area contributed by atoms with Crippen molar-refractivity contribution in [1.29, 1.82) is 0 Å². The summed E-state index contributed by atoms with van der Waals surface area (Å²) in [5.74, 6) is 2.16. The molecule has 0 aromatic rings. The second-order valence-electron chi connectivity index (χ2n) is 8.81. The second kappa shape index (κ2) is 8.46. The van der Waals surface area contributed by atoms with Crippen LogP contribution in [0.3, 0.4) is 0 Å². The molecule has 2 aliphatic heterocycles. The van der Waals surface area contributed by atoms with Crippen molar-refractivity contribution < 1.29 is 13.2 Å². The molecular weight excluding hydrogens is 350 g/mol. The van der Waals surface area contributed by atoms with Gasteiger partial charge in [-0.2, -0.15) is 0 Å². The van der Waals surface area contributed by atoms with E-state index >= 15 is 0 Å². The molecule has 3 fully saturated rings.